The Morgan fingerprint density at radius 1 is 1.36 bits per heavy atom. The zero-order valence-electron chi connectivity index (χ0n) is 9.25. The molecule has 78 valence electrons. The topological polar surface area (TPSA) is 17.1 Å². The number of carbonyl (C=O) groups is 1. The van der Waals surface area contributed by atoms with Crippen LogP contribution in [0.15, 0.2) is 0 Å². The van der Waals surface area contributed by atoms with Gasteiger partial charge in [0.15, 0.2) is 0 Å². The molecule has 0 amide bonds. The maximum atomic E-state index is 11.5. The van der Waals surface area contributed by atoms with Crippen molar-refractivity contribution in [2.45, 2.75) is 46.0 Å². The van der Waals surface area contributed by atoms with Crippen LogP contribution in [0.5, 0.6) is 0 Å². The Balaban J connectivity index is 2.36. The minimum atomic E-state index is 0.265. The Labute approximate surface area is 87.3 Å². The third kappa shape index (κ3) is 2.87. The van der Waals surface area contributed by atoms with Gasteiger partial charge in [0.2, 0.25) is 0 Å². The standard InChI is InChI=1S/C13H20O/c1-4-5-13(14)12-8-6-11(7-9-12)10(2)3/h1,10-12H,5-9H2,2-3H3. The van der Waals surface area contributed by atoms with E-state index in [4.69, 9.17) is 6.42 Å². The minimum absolute atomic E-state index is 0.265. The van der Waals surface area contributed by atoms with Gasteiger partial charge in [0.1, 0.15) is 5.78 Å². The van der Waals surface area contributed by atoms with E-state index in [1.165, 1.54) is 12.8 Å². The Morgan fingerprint density at radius 2 is 1.93 bits per heavy atom. The monoisotopic (exact) mass is 192 g/mol. The van der Waals surface area contributed by atoms with Gasteiger partial charge in [0, 0.05) is 5.92 Å². The van der Waals surface area contributed by atoms with Crippen molar-refractivity contribution in [2.24, 2.45) is 17.8 Å². The summed E-state index contributed by atoms with van der Waals surface area (Å²) in [4.78, 5) is 11.5. The summed E-state index contributed by atoms with van der Waals surface area (Å²) in [5.74, 6) is 4.59. The lowest BCUT2D eigenvalue weighted by Crippen LogP contribution is -2.23. The number of terminal acetylenes is 1. The van der Waals surface area contributed by atoms with E-state index in [0.29, 0.717) is 6.42 Å². The van der Waals surface area contributed by atoms with Gasteiger partial charge in [-0.05, 0) is 37.5 Å². The molecule has 1 fully saturated rings. The molecule has 0 aromatic carbocycles. The van der Waals surface area contributed by atoms with Crippen molar-refractivity contribution in [3.05, 3.63) is 0 Å². The summed E-state index contributed by atoms with van der Waals surface area (Å²) in [6, 6.07) is 0. The molecule has 1 heteroatoms. The Kier molecular flexibility index (Phi) is 4.20. The molecule has 0 bridgehead atoms. The van der Waals surface area contributed by atoms with Gasteiger partial charge in [-0.1, -0.05) is 19.8 Å². The zero-order valence-corrected chi connectivity index (χ0v) is 9.25. The SMILES string of the molecule is C#CCC(=O)C1CCC(C(C)C)CC1. The van der Waals surface area contributed by atoms with Gasteiger partial charge in [-0.15, -0.1) is 6.42 Å². The van der Waals surface area contributed by atoms with Gasteiger partial charge >= 0.3 is 0 Å². The maximum Gasteiger partial charge on any atom is 0.147 e. The molecule has 0 heterocycles. The summed E-state index contributed by atoms with van der Waals surface area (Å²) < 4.78 is 0. The number of ketones is 1. The van der Waals surface area contributed by atoms with Crippen molar-refractivity contribution in [1.82, 2.24) is 0 Å². The molecule has 0 saturated heterocycles. The van der Waals surface area contributed by atoms with Crippen LogP contribution in [-0.2, 0) is 4.79 Å². The van der Waals surface area contributed by atoms with Crippen molar-refractivity contribution < 1.29 is 4.79 Å². The molecule has 1 saturated carbocycles. The van der Waals surface area contributed by atoms with Crippen LogP contribution in [0.25, 0.3) is 0 Å². The number of carbonyl (C=O) groups excluding carboxylic acids is 1. The second-order valence-corrected chi connectivity index (χ2v) is 4.70. The maximum absolute atomic E-state index is 11.5. The molecular formula is C13H20O. The number of hydrogen-bond acceptors (Lipinski definition) is 1. The molecule has 0 atom stereocenters. The summed E-state index contributed by atoms with van der Waals surface area (Å²) in [5, 5.41) is 0. The first kappa shape index (κ1) is 11.3. The predicted octanol–water partition coefficient (Wildman–Crippen LogP) is 3.04. The van der Waals surface area contributed by atoms with E-state index in [-0.39, 0.29) is 11.7 Å². The number of Topliss-reactive ketones (excluding diaryl/α,β-unsaturated/α-hetero) is 1. The Bertz CT molecular complexity index is 226. The lowest BCUT2D eigenvalue weighted by molar-refractivity contribution is -0.123. The highest BCUT2D eigenvalue weighted by Gasteiger charge is 2.26. The fourth-order valence-corrected chi connectivity index (χ4v) is 2.35. The molecule has 0 N–H and O–H groups in total. The van der Waals surface area contributed by atoms with E-state index in [2.05, 4.69) is 19.8 Å². The molecule has 0 unspecified atom stereocenters. The van der Waals surface area contributed by atoms with Gasteiger partial charge in [0.25, 0.3) is 0 Å². The highest BCUT2D eigenvalue weighted by molar-refractivity contribution is 5.83. The Hall–Kier alpha value is -0.770. The van der Waals surface area contributed by atoms with Gasteiger partial charge < -0.3 is 0 Å². The first-order chi connectivity index (χ1) is 6.65. The molecular weight excluding hydrogens is 172 g/mol. The lowest BCUT2D eigenvalue weighted by Gasteiger charge is -2.29. The summed E-state index contributed by atoms with van der Waals surface area (Å²) in [7, 11) is 0. The van der Waals surface area contributed by atoms with Crippen LogP contribution in [0, 0.1) is 30.1 Å². The molecule has 0 aliphatic heterocycles. The van der Waals surface area contributed by atoms with Crippen LogP contribution in [0.3, 0.4) is 0 Å². The Morgan fingerprint density at radius 3 is 2.36 bits per heavy atom. The van der Waals surface area contributed by atoms with E-state index in [1.807, 2.05) is 0 Å². The number of rotatable bonds is 3. The molecule has 14 heavy (non-hydrogen) atoms. The third-order valence-corrected chi connectivity index (χ3v) is 3.45. The smallest absolute Gasteiger partial charge is 0.147 e. The van der Waals surface area contributed by atoms with Gasteiger partial charge in [0.05, 0.1) is 6.42 Å². The van der Waals surface area contributed by atoms with Crippen LogP contribution < -0.4 is 0 Å². The van der Waals surface area contributed by atoms with Crippen LogP contribution in [0.4, 0.5) is 0 Å². The van der Waals surface area contributed by atoms with Crippen LogP contribution in [-0.4, -0.2) is 5.78 Å². The lowest BCUT2D eigenvalue weighted by atomic mass is 9.75. The summed E-state index contributed by atoms with van der Waals surface area (Å²) >= 11 is 0. The highest BCUT2D eigenvalue weighted by Crippen LogP contribution is 2.33. The van der Waals surface area contributed by atoms with E-state index < -0.39 is 0 Å². The molecule has 1 rings (SSSR count). The van der Waals surface area contributed by atoms with E-state index in [1.54, 1.807) is 0 Å². The predicted molar refractivity (Wildman–Crippen MR) is 58.7 cm³/mol. The summed E-state index contributed by atoms with van der Waals surface area (Å²) in [5.41, 5.74) is 0. The average molecular weight is 192 g/mol. The third-order valence-electron chi connectivity index (χ3n) is 3.45. The van der Waals surface area contributed by atoms with E-state index in [9.17, 15) is 4.79 Å². The molecule has 0 radical (unpaired) electrons. The van der Waals surface area contributed by atoms with E-state index in [0.717, 1.165) is 24.7 Å². The molecule has 0 aromatic heterocycles. The zero-order chi connectivity index (χ0) is 10.6. The normalized spacial score (nSPS) is 27.3. The average Bonchev–Trinajstić information content (AvgIpc) is 2.18. The molecule has 1 nitrogen and oxygen atoms in total. The fraction of sp³-hybridized carbons (Fsp3) is 0.769. The fourth-order valence-electron chi connectivity index (χ4n) is 2.35. The minimum Gasteiger partial charge on any atom is -0.298 e. The largest absolute Gasteiger partial charge is 0.298 e. The van der Waals surface area contributed by atoms with Crippen molar-refractivity contribution in [1.29, 1.82) is 0 Å². The van der Waals surface area contributed by atoms with Crippen molar-refractivity contribution in [2.75, 3.05) is 0 Å². The number of hydrogen-bond donors (Lipinski definition) is 0. The second kappa shape index (κ2) is 5.20. The highest BCUT2D eigenvalue weighted by atomic mass is 16.1. The summed E-state index contributed by atoms with van der Waals surface area (Å²) in [6.07, 6.45) is 10.0. The molecule has 0 spiro atoms. The first-order valence-corrected chi connectivity index (χ1v) is 5.61. The van der Waals surface area contributed by atoms with E-state index >= 15 is 0 Å². The van der Waals surface area contributed by atoms with Crippen molar-refractivity contribution in [3.63, 3.8) is 0 Å². The molecule has 0 aromatic rings. The van der Waals surface area contributed by atoms with Crippen LogP contribution in [0.1, 0.15) is 46.0 Å². The quantitative estimate of drug-likeness (QED) is 0.628. The van der Waals surface area contributed by atoms with Crippen molar-refractivity contribution in [3.8, 4) is 12.3 Å². The summed E-state index contributed by atoms with van der Waals surface area (Å²) in [6.45, 7) is 4.54. The molecule has 1 aliphatic carbocycles. The van der Waals surface area contributed by atoms with Gasteiger partial charge in [-0.2, -0.15) is 0 Å². The van der Waals surface area contributed by atoms with Gasteiger partial charge in [-0.3, -0.25) is 4.79 Å². The first-order valence-electron chi connectivity index (χ1n) is 5.61. The van der Waals surface area contributed by atoms with Crippen molar-refractivity contribution >= 4 is 5.78 Å². The second-order valence-electron chi connectivity index (χ2n) is 4.70. The van der Waals surface area contributed by atoms with Gasteiger partial charge in [-0.25, -0.2) is 0 Å². The van der Waals surface area contributed by atoms with Crippen LogP contribution in [0.2, 0.25) is 0 Å². The molecule has 1 aliphatic rings. The van der Waals surface area contributed by atoms with Crippen LogP contribution >= 0.6 is 0 Å².